The Morgan fingerprint density at radius 2 is 1.96 bits per heavy atom. The van der Waals surface area contributed by atoms with Gasteiger partial charge in [-0.3, -0.25) is 4.79 Å². The van der Waals surface area contributed by atoms with Crippen molar-refractivity contribution in [3.05, 3.63) is 52.0 Å². The number of benzene rings is 1. The fraction of sp³-hybridized carbons (Fsp3) is 0.267. The Hall–Kier alpha value is -1.77. The van der Waals surface area contributed by atoms with Crippen molar-refractivity contribution >= 4 is 27.3 Å². The Morgan fingerprint density at radius 3 is 2.61 bits per heavy atom. The van der Waals surface area contributed by atoms with Gasteiger partial charge in [-0.05, 0) is 30.2 Å². The minimum atomic E-state index is -3.72. The number of carbonyl (C=O) groups excluding carboxylic acids is 1. The molecular formula is C15H17FN2O3S2. The molecule has 1 heterocycles. The summed E-state index contributed by atoms with van der Waals surface area (Å²) in [5.41, 5.74) is 0.645. The van der Waals surface area contributed by atoms with Gasteiger partial charge in [-0.1, -0.05) is 19.1 Å². The van der Waals surface area contributed by atoms with E-state index in [1.165, 1.54) is 35.7 Å². The van der Waals surface area contributed by atoms with Crippen LogP contribution in [-0.4, -0.2) is 20.9 Å². The van der Waals surface area contributed by atoms with Gasteiger partial charge in [0.25, 0.3) is 5.91 Å². The van der Waals surface area contributed by atoms with Crippen LogP contribution in [0.5, 0.6) is 0 Å². The van der Waals surface area contributed by atoms with Crippen LogP contribution in [0.15, 0.2) is 40.6 Å². The highest BCUT2D eigenvalue weighted by atomic mass is 32.2. The predicted molar refractivity (Wildman–Crippen MR) is 87.4 cm³/mol. The van der Waals surface area contributed by atoms with Crippen molar-refractivity contribution in [2.24, 2.45) is 0 Å². The minimum absolute atomic E-state index is 0.0475. The van der Waals surface area contributed by atoms with Gasteiger partial charge in [-0.25, -0.2) is 17.5 Å². The highest BCUT2D eigenvalue weighted by Gasteiger charge is 2.18. The van der Waals surface area contributed by atoms with Crippen molar-refractivity contribution in [2.45, 2.75) is 24.8 Å². The van der Waals surface area contributed by atoms with E-state index in [1.54, 1.807) is 0 Å². The molecule has 2 rings (SSSR count). The van der Waals surface area contributed by atoms with Gasteiger partial charge in [-0.15, -0.1) is 11.3 Å². The fourth-order valence-electron chi connectivity index (χ4n) is 1.77. The van der Waals surface area contributed by atoms with E-state index >= 15 is 0 Å². The number of hydrogen-bond donors (Lipinski definition) is 2. The summed E-state index contributed by atoms with van der Waals surface area (Å²) < 4.78 is 39.7. The Labute approximate surface area is 138 Å². The highest BCUT2D eigenvalue weighted by Crippen LogP contribution is 2.19. The van der Waals surface area contributed by atoms with Crippen molar-refractivity contribution in [3.8, 4) is 0 Å². The molecule has 2 N–H and O–H groups in total. The number of nitrogens with one attached hydrogen (secondary N) is 2. The summed E-state index contributed by atoms with van der Waals surface area (Å²) in [6, 6.07) is 6.90. The summed E-state index contributed by atoms with van der Waals surface area (Å²) in [5, 5.41) is 4.12. The molecule has 124 valence electrons. The second kappa shape index (κ2) is 7.67. The van der Waals surface area contributed by atoms with Crippen molar-refractivity contribution < 1.29 is 17.6 Å². The van der Waals surface area contributed by atoms with Crippen LogP contribution in [0.1, 0.15) is 28.6 Å². The summed E-state index contributed by atoms with van der Waals surface area (Å²) >= 11 is 1.08. The SMILES string of the molecule is CCCNC(=O)c1cc(S(=O)(=O)NCc2ccc(F)cc2)cs1. The van der Waals surface area contributed by atoms with Crippen LogP contribution < -0.4 is 10.0 Å². The van der Waals surface area contributed by atoms with Crippen LogP contribution >= 0.6 is 11.3 Å². The molecule has 0 fully saturated rings. The van der Waals surface area contributed by atoms with E-state index in [1.807, 2.05) is 6.92 Å². The topological polar surface area (TPSA) is 75.3 Å². The van der Waals surface area contributed by atoms with E-state index in [2.05, 4.69) is 10.0 Å². The quantitative estimate of drug-likeness (QED) is 0.800. The molecule has 5 nitrogen and oxygen atoms in total. The molecule has 0 bridgehead atoms. The zero-order chi connectivity index (χ0) is 16.9. The standard InChI is InChI=1S/C15H17FN2O3S2/c1-2-7-17-15(19)14-8-13(10-22-14)23(20,21)18-9-11-3-5-12(16)6-4-11/h3-6,8,10,18H,2,7,9H2,1H3,(H,17,19). The van der Waals surface area contributed by atoms with Crippen LogP contribution in [0.4, 0.5) is 4.39 Å². The fourth-order valence-corrected chi connectivity index (χ4v) is 3.98. The molecule has 23 heavy (non-hydrogen) atoms. The van der Waals surface area contributed by atoms with Crippen LogP contribution in [0.2, 0.25) is 0 Å². The Bertz CT molecular complexity index is 770. The lowest BCUT2D eigenvalue weighted by molar-refractivity contribution is 0.0957. The number of hydrogen-bond acceptors (Lipinski definition) is 4. The molecule has 0 saturated heterocycles. The van der Waals surface area contributed by atoms with Gasteiger partial charge in [0.1, 0.15) is 5.82 Å². The summed E-state index contributed by atoms with van der Waals surface area (Å²) in [6.45, 7) is 2.53. The molecule has 0 radical (unpaired) electrons. The van der Waals surface area contributed by atoms with Crippen molar-refractivity contribution in [1.29, 1.82) is 0 Å². The van der Waals surface area contributed by atoms with E-state index in [4.69, 9.17) is 0 Å². The smallest absolute Gasteiger partial charge is 0.261 e. The van der Waals surface area contributed by atoms with Crippen LogP contribution in [0.25, 0.3) is 0 Å². The Morgan fingerprint density at radius 1 is 1.26 bits per heavy atom. The van der Waals surface area contributed by atoms with Gasteiger partial charge in [0.05, 0.1) is 9.77 Å². The average Bonchev–Trinajstić information content (AvgIpc) is 3.03. The zero-order valence-electron chi connectivity index (χ0n) is 12.5. The molecule has 8 heteroatoms. The van der Waals surface area contributed by atoms with Gasteiger partial charge in [0.2, 0.25) is 10.0 Å². The molecule has 0 unspecified atom stereocenters. The third-order valence-corrected chi connectivity index (χ3v) is 5.48. The maximum Gasteiger partial charge on any atom is 0.261 e. The van der Waals surface area contributed by atoms with E-state index in [0.717, 1.165) is 17.8 Å². The maximum atomic E-state index is 12.8. The first-order valence-electron chi connectivity index (χ1n) is 7.03. The van der Waals surface area contributed by atoms with Gasteiger partial charge in [0.15, 0.2) is 0 Å². The predicted octanol–water partition coefficient (Wildman–Crippen LogP) is 2.51. The minimum Gasteiger partial charge on any atom is -0.351 e. The van der Waals surface area contributed by atoms with E-state index in [0.29, 0.717) is 17.0 Å². The number of carbonyl (C=O) groups is 1. The van der Waals surface area contributed by atoms with Gasteiger partial charge < -0.3 is 5.32 Å². The summed E-state index contributed by atoms with van der Waals surface area (Å²) in [6.07, 6.45) is 0.807. The number of thiophene rings is 1. The molecule has 1 amide bonds. The Kier molecular flexibility index (Phi) is 5.86. The van der Waals surface area contributed by atoms with Crippen molar-refractivity contribution in [3.63, 3.8) is 0 Å². The summed E-state index contributed by atoms with van der Waals surface area (Å²) in [7, 11) is -3.72. The lowest BCUT2D eigenvalue weighted by Crippen LogP contribution is -2.24. The largest absolute Gasteiger partial charge is 0.351 e. The third-order valence-electron chi connectivity index (χ3n) is 3.02. The molecule has 0 aliphatic carbocycles. The molecule has 1 aromatic carbocycles. The lowest BCUT2D eigenvalue weighted by atomic mass is 10.2. The van der Waals surface area contributed by atoms with Gasteiger partial charge in [0, 0.05) is 18.5 Å². The van der Waals surface area contributed by atoms with E-state index in [9.17, 15) is 17.6 Å². The number of sulfonamides is 1. The molecule has 0 spiro atoms. The molecule has 0 aliphatic rings. The normalized spacial score (nSPS) is 11.4. The van der Waals surface area contributed by atoms with Crippen LogP contribution in [-0.2, 0) is 16.6 Å². The lowest BCUT2D eigenvalue weighted by Gasteiger charge is -2.05. The number of halogens is 1. The molecule has 0 atom stereocenters. The Balaban J connectivity index is 2.03. The van der Waals surface area contributed by atoms with Crippen molar-refractivity contribution in [1.82, 2.24) is 10.0 Å². The molecular weight excluding hydrogens is 339 g/mol. The number of rotatable bonds is 7. The van der Waals surface area contributed by atoms with E-state index in [-0.39, 0.29) is 23.2 Å². The summed E-state index contributed by atoms with van der Waals surface area (Å²) in [4.78, 5) is 12.2. The summed E-state index contributed by atoms with van der Waals surface area (Å²) in [5.74, 6) is -0.658. The van der Waals surface area contributed by atoms with Gasteiger partial charge in [-0.2, -0.15) is 0 Å². The van der Waals surface area contributed by atoms with Crippen LogP contribution in [0, 0.1) is 5.82 Å². The maximum absolute atomic E-state index is 12.8. The number of amides is 1. The second-order valence-corrected chi connectivity index (χ2v) is 7.53. The first-order chi connectivity index (χ1) is 10.9. The molecule has 0 saturated carbocycles. The second-order valence-electron chi connectivity index (χ2n) is 4.85. The molecule has 2 aromatic rings. The monoisotopic (exact) mass is 356 g/mol. The molecule has 0 aliphatic heterocycles. The van der Waals surface area contributed by atoms with Crippen LogP contribution in [0.3, 0.4) is 0 Å². The first kappa shape index (κ1) is 17.6. The first-order valence-corrected chi connectivity index (χ1v) is 9.39. The molecule has 1 aromatic heterocycles. The average molecular weight is 356 g/mol. The van der Waals surface area contributed by atoms with Gasteiger partial charge >= 0.3 is 0 Å². The zero-order valence-corrected chi connectivity index (χ0v) is 14.1. The third kappa shape index (κ3) is 4.85. The highest BCUT2D eigenvalue weighted by molar-refractivity contribution is 7.89. The van der Waals surface area contributed by atoms with Crippen molar-refractivity contribution in [2.75, 3.05) is 6.54 Å². The van der Waals surface area contributed by atoms with E-state index < -0.39 is 10.0 Å².